The number of azo groups is 2. The van der Waals surface area contributed by atoms with Gasteiger partial charge in [-0.15, -0.1) is 0 Å². The van der Waals surface area contributed by atoms with Crippen molar-refractivity contribution >= 4 is 64.5 Å². The lowest BCUT2D eigenvalue weighted by molar-refractivity contribution is -0.385. The van der Waals surface area contributed by atoms with Crippen molar-refractivity contribution in [3.8, 4) is 5.75 Å². The second-order valence-electron chi connectivity index (χ2n) is 11.9. The molecule has 17 nitrogen and oxygen atoms in total. The van der Waals surface area contributed by atoms with Crippen molar-refractivity contribution in [2.24, 2.45) is 20.5 Å². The minimum atomic E-state index is -4.95. The van der Waals surface area contributed by atoms with Gasteiger partial charge in [0, 0.05) is 35.4 Å². The van der Waals surface area contributed by atoms with Gasteiger partial charge >= 0.3 is 10.1 Å². The molecule has 3 N–H and O–H groups in total. The van der Waals surface area contributed by atoms with Crippen molar-refractivity contribution < 1.29 is 43.5 Å². The van der Waals surface area contributed by atoms with Crippen LogP contribution in [0, 0.1) is 17.0 Å². The molecule has 5 aromatic rings. The average Bonchev–Trinajstić information content (AvgIpc) is 3.13. The summed E-state index contributed by atoms with van der Waals surface area (Å²) in [5.41, 5.74) is 1.65. The van der Waals surface area contributed by atoms with E-state index >= 15 is 0 Å². The highest BCUT2D eigenvalue weighted by Crippen LogP contribution is 2.45. The molecule has 1 unspecified atom stereocenters. The highest BCUT2D eigenvalue weighted by Gasteiger charge is 2.48. The van der Waals surface area contributed by atoms with Crippen LogP contribution in [0.15, 0.2) is 152 Å². The smallest absolute Gasteiger partial charge is 0.339 e. The molecule has 0 fully saturated rings. The molecule has 6 rings (SSSR count). The number of non-ortho nitro benzene ring substituents is 1. The highest BCUT2D eigenvalue weighted by molar-refractivity contribution is 7.87. The number of hydrogen-bond donors (Lipinski definition) is 3. The van der Waals surface area contributed by atoms with E-state index in [1.54, 1.807) is 30.3 Å². The molecular formula is C35H28N6O11S3. The van der Waals surface area contributed by atoms with Gasteiger partial charge in [-0.3, -0.25) is 19.2 Å². The van der Waals surface area contributed by atoms with E-state index in [2.05, 4.69) is 25.8 Å². The number of anilines is 2. The van der Waals surface area contributed by atoms with Gasteiger partial charge in [-0.1, -0.05) is 48.0 Å². The second kappa shape index (κ2) is 14.9. The monoisotopic (exact) mass is 804 g/mol. The molecule has 20 heteroatoms. The summed E-state index contributed by atoms with van der Waals surface area (Å²) in [5.74, 6) is -0.0216. The summed E-state index contributed by atoms with van der Waals surface area (Å²) < 4.78 is 100. The van der Waals surface area contributed by atoms with Crippen molar-refractivity contribution in [1.29, 1.82) is 0 Å². The zero-order valence-corrected chi connectivity index (χ0v) is 30.7. The van der Waals surface area contributed by atoms with Crippen LogP contribution in [0.25, 0.3) is 5.70 Å². The lowest BCUT2D eigenvalue weighted by atomic mass is 9.90. The molecule has 0 aromatic heterocycles. The van der Waals surface area contributed by atoms with Gasteiger partial charge in [0.15, 0.2) is 0 Å². The molecule has 1 aliphatic rings. The van der Waals surface area contributed by atoms with Crippen LogP contribution in [0.5, 0.6) is 5.75 Å². The van der Waals surface area contributed by atoms with Gasteiger partial charge in [-0.2, -0.15) is 45.7 Å². The maximum atomic E-state index is 13.0. The third-order valence-electron chi connectivity index (χ3n) is 8.18. The summed E-state index contributed by atoms with van der Waals surface area (Å²) in [5, 5.41) is 30.6. The van der Waals surface area contributed by atoms with Crippen molar-refractivity contribution in [3.63, 3.8) is 0 Å². The van der Waals surface area contributed by atoms with Crippen molar-refractivity contribution in [2.45, 2.75) is 28.0 Å². The molecule has 1 atom stereocenters. The summed E-state index contributed by atoms with van der Waals surface area (Å²) in [7, 11) is -13.9. The van der Waals surface area contributed by atoms with E-state index in [-0.39, 0.29) is 45.3 Å². The predicted molar refractivity (Wildman–Crippen MR) is 199 cm³/mol. The highest BCUT2D eigenvalue weighted by atomic mass is 32.2. The van der Waals surface area contributed by atoms with Crippen molar-refractivity contribution in [3.05, 3.63) is 148 Å². The Balaban J connectivity index is 1.21. The maximum Gasteiger partial charge on any atom is 0.339 e. The van der Waals surface area contributed by atoms with E-state index < -0.39 is 50.7 Å². The molecule has 0 saturated carbocycles. The van der Waals surface area contributed by atoms with Crippen molar-refractivity contribution in [2.75, 3.05) is 5.32 Å². The normalized spacial score (nSPS) is 16.1. The van der Waals surface area contributed by atoms with E-state index in [4.69, 9.17) is 4.18 Å². The fourth-order valence-corrected chi connectivity index (χ4v) is 7.88. The van der Waals surface area contributed by atoms with Gasteiger partial charge in [0.2, 0.25) is 4.87 Å². The number of rotatable bonds is 12. The molecule has 0 aliphatic heterocycles. The van der Waals surface area contributed by atoms with Gasteiger partial charge in [-0.05, 0) is 73.7 Å². The molecule has 55 heavy (non-hydrogen) atoms. The Morgan fingerprint density at radius 2 is 1.42 bits per heavy atom. The van der Waals surface area contributed by atoms with Crippen LogP contribution < -0.4 is 9.50 Å². The van der Waals surface area contributed by atoms with Crippen molar-refractivity contribution in [1.82, 2.24) is 0 Å². The number of nitro benzene ring substituents is 1. The van der Waals surface area contributed by atoms with Gasteiger partial charge < -0.3 is 9.50 Å². The summed E-state index contributed by atoms with van der Waals surface area (Å²) in [6.07, 6.45) is 1.04. The molecule has 1 aliphatic carbocycles. The first-order chi connectivity index (χ1) is 25.9. The molecule has 0 bridgehead atoms. The Bertz CT molecular complexity index is 2720. The van der Waals surface area contributed by atoms with E-state index in [0.29, 0.717) is 11.4 Å². The summed E-state index contributed by atoms with van der Waals surface area (Å²) >= 11 is 0. The van der Waals surface area contributed by atoms with Gasteiger partial charge in [0.1, 0.15) is 15.5 Å². The quantitative estimate of drug-likeness (QED) is 0.0356. The number of aryl methyl sites for hydroxylation is 1. The standard InChI is InChI=1S/C35H28N6O11S3/c1-23-6-17-29(18-7-23)54(47,48)52-28-15-12-26(13-16-28)38-40-35(55(49,50)51)21-20-32(30-4-2-3-5-31(30)35)39-37-25-10-8-24(9-11-25)36-33-19-14-27(41(42)43)22-34(33)53(44,45)46/h2-20,22,36H,21H2,1H3,(H,44,45,46)(H,49,50,51). The molecule has 0 spiro atoms. The molecule has 0 heterocycles. The number of fused-ring (bicyclic) bond motifs is 1. The van der Waals surface area contributed by atoms with E-state index in [0.717, 1.165) is 23.8 Å². The van der Waals surface area contributed by atoms with Crippen LogP contribution in [0.2, 0.25) is 0 Å². The van der Waals surface area contributed by atoms with Crippen LogP contribution in [0.1, 0.15) is 23.1 Å². The zero-order valence-electron chi connectivity index (χ0n) is 28.3. The van der Waals surface area contributed by atoms with Crippen LogP contribution in [-0.4, -0.2) is 39.3 Å². The molecule has 282 valence electrons. The molecule has 0 radical (unpaired) electrons. The number of benzene rings is 5. The topological polar surface area (TPSA) is 257 Å². The first kappa shape index (κ1) is 38.5. The van der Waals surface area contributed by atoms with Gasteiger partial charge in [-0.25, -0.2) is 0 Å². The van der Waals surface area contributed by atoms with Crippen LogP contribution in [0.4, 0.5) is 28.4 Å². The van der Waals surface area contributed by atoms with E-state index in [1.165, 1.54) is 72.8 Å². The largest absolute Gasteiger partial charge is 0.379 e. The average molecular weight is 805 g/mol. The maximum absolute atomic E-state index is 13.0. The third kappa shape index (κ3) is 8.47. The Kier molecular flexibility index (Phi) is 10.4. The van der Waals surface area contributed by atoms with Crippen LogP contribution in [-0.2, 0) is 35.2 Å². The first-order valence-electron chi connectivity index (χ1n) is 15.8. The van der Waals surface area contributed by atoms with Gasteiger partial charge in [0.25, 0.3) is 25.9 Å². The molecule has 5 aromatic carbocycles. The number of hydrogen-bond acceptors (Lipinski definition) is 14. The van der Waals surface area contributed by atoms with Crippen LogP contribution >= 0.6 is 0 Å². The number of nitrogens with zero attached hydrogens (tertiary/aromatic N) is 5. The lowest BCUT2D eigenvalue weighted by Crippen LogP contribution is -2.35. The molecular weight excluding hydrogens is 777 g/mol. The minimum Gasteiger partial charge on any atom is -0.379 e. The van der Waals surface area contributed by atoms with Crippen LogP contribution in [0.3, 0.4) is 0 Å². The summed E-state index contributed by atoms with van der Waals surface area (Å²) in [4.78, 5) is 7.30. The SMILES string of the molecule is Cc1ccc(S(=O)(=O)Oc2ccc(N=NC3(S(=O)(=O)O)CC=C(N=Nc4ccc(Nc5ccc([N+](=O)[O-])cc5S(=O)(=O)O)cc4)c4ccccc43)cc2)cc1. The first-order valence-corrected chi connectivity index (χ1v) is 20.1. The number of nitro groups is 1. The minimum absolute atomic E-state index is 0.0216. The fourth-order valence-electron chi connectivity index (χ4n) is 5.39. The third-order valence-corrected chi connectivity index (χ3v) is 11.7. The Morgan fingerprint density at radius 3 is 2.05 bits per heavy atom. The van der Waals surface area contributed by atoms with Gasteiger partial charge in [0.05, 0.1) is 27.7 Å². The van der Waals surface area contributed by atoms with E-state index in [1.807, 2.05) is 6.92 Å². The fraction of sp³-hybridized carbons (Fsp3) is 0.0857. The predicted octanol–water partition coefficient (Wildman–Crippen LogP) is 8.01. The molecule has 0 saturated heterocycles. The Morgan fingerprint density at radius 1 is 0.782 bits per heavy atom. The lowest BCUT2D eigenvalue weighted by Gasteiger charge is -2.30. The summed E-state index contributed by atoms with van der Waals surface area (Å²) in [6.45, 7) is 1.82. The summed E-state index contributed by atoms with van der Waals surface area (Å²) in [6, 6.07) is 26.7. The second-order valence-corrected chi connectivity index (χ2v) is 16.5. The zero-order chi connectivity index (χ0) is 39.6. The number of nitrogens with one attached hydrogen (secondary N) is 1. The Labute approximate surface area is 314 Å². The van der Waals surface area contributed by atoms with E-state index in [9.17, 15) is 44.5 Å². The Hall–Kier alpha value is -6.19. The molecule has 0 amide bonds.